The quantitative estimate of drug-likeness (QED) is 0.882. The molecule has 0 aliphatic carbocycles. The zero-order valence-electron chi connectivity index (χ0n) is 11.1. The zero-order chi connectivity index (χ0) is 13.0. The van der Waals surface area contributed by atoms with Gasteiger partial charge >= 0.3 is 0 Å². The Morgan fingerprint density at radius 2 is 2.17 bits per heavy atom. The van der Waals surface area contributed by atoms with Gasteiger partial charge in [0.25, 0.3) is 0 Å². The maximum atomic E-state index is 5.83. The number of rotatable bonds is 4. The van der Waals surface area contributed by atoms with Gasteiger partial charge in [-0.25, -0.2) is 0 Å². The Labute approximate surface area is 108 Å². The molecule has 1 aliphatic heterocycles. The van der Waals surface area contributed by atoms with E-state index in [2.05, 4.69) is 16.9 Å². The lowest BCUT2D eigenvalue weighted by Gasteiger charge is -2.32. The minimum atomic E-state index is 0.476. The molecule has 2 rings (SSSR count). The molecule has 1 aliphatic rings. The van der Waals surface area contributed by atoms with Crippen LogP contribution in [0.3, 0.4) is 0 Å². The van der Waals surface area contributed by atoms with Crippen LogP contribution in [-0.2, 0) is 4.74 Å². The van der Waals surface area contributed by atoms with Gasteiger partial charge in [-0.3, -0.25) is 0 Å². The highest BCUT2D eigenvalue weighted by atomic mass is 16.5. The second-order valence-electron chi connectivity index (χ2n) is 4.45. The summed E-state index contributed by atoms with van der Waals surface area (Å²) in [6.07, 6.45) is 2.07. The maximum Gasteiger partial charge on any atom is 0.239 e. The molecule has 100 valence electrons. The fourth-order valence-electron chi connectivity index (χ4n) is 2.15. The minimum absolute atomic E-state index is 0.476. The van der Waals surface area contributed by atoms with Crippen LogP contribution in [0, 0.1) is 0 Å². The van der Waals surface area contributed by atoms with Crippen LogP contribution in [0.25, 0.3) is 0 Å². The molecule has 0 aromatic carbocycles. The van der Waals surface area contributed by atoms with Crippen molar-refractivity contribution in [1.29, 1.82) is 0 Å². The molecule has 2 heterocycles. The van der Waals surface area contributed by atoms with Gasteiger partial charge in [0.05, 0.1) is 12.3 Å². The van der Waals surface area contributed by atoms with Crippen LogP contribution < -0.4 is 15.4 Å². The van der Waals surface area contributed by atoms with Crippen molar-refractivity contribution in [3.8, 4) is 5.88 Å². The van der Waals surface area contributed by atoms with Gasteiger partial charge in [-0.2, -0.15) is 4.98 Å². The van der Waals surface area contributed by atoms with Crippen LogP contribution in [0.1, 0.15) is 19.8 Å². The molecule has 5 heteroatoms. The molecule has 0 saturated carbocycles. The molecule has 1 aromatic rings. The predicted molar refractivity (Wildman–Crippen MR) is 72.1 cm³/mol. The first-order chi connectivity index (χ1) is 8.72. The second kappa shape index (κ2) is 5.91. The Balaban J connectivity index is 2.13. The number of hydrogen-bond acceptors (Lipinski definition) is 5. The normalized spacial score (nSPS) is 16.6. The fraction of sp³-hybridized carbons (Fsp3) is 0.615. The highest BCUT2D eigenvalue weighted by molar-refractivity contribution is 5.54. The summed E-state index contributed by atoms with van der Waals surface area (Å²) in [7, 11) is 2.06. The molecule has 1 fully saturated rings. The van der Waals surface area contributed by atoms with E-state index in [0.717, 1.165) is 31.9 Å². The molecular weight excluding hydrogens is 230 g/mol. The average Bonchev–Trinajstić information content (AvgIpc) is 2.42. The molecule has 1 saturated heterocycles. The summed E-state index contributed by atoms with van der Waals surface area (Å²) in [5.41, 5.74) is 6.41. The third-order valence-electron chi connectivity index (χ3n) is 3.26. The first-order valence-corrected chi connectivity index (χ1v) is 6.42. The van der Waals surface area contributed by atoms with E-state index in [0.29, 0.717) is 24.2 Å². The van der Waals surface area contributed by atoms with Gasteiger partial charge in [-0.1, -0.05) is 0 Å². The molecule has 2 N–H and O–H groups in total. The maximum absolute atomic E-state index is 5.83. The topological polar surface area (TPSA) is 60.6 Å². The molecule has 0 atom stereocenters. The van der Waals surface area contributed by atoms with Crippen LogP contribution in [0.15, 0.2) is 12.1 Å². The average molecular weight is 251 g/mol. The Kier molecular flexibility index (Phi) is 4.25. The van der Waals surface area contributed by atoms with Crippen molar-refractivity contribution in [2.75, 3.05) is 37.5 Å². The smallest absolute Gasteiger partial charge is 0.239 e. The molecule has 0 amide bonds. The Morgan fingerprint density at radius 1 is 1.44 bits per heavy atom. The predicted octanol–water partition coefficient (Wildman–Crippen LogP) is 1.68. The molecule has 0 unspecified atom stereocenters. The van der Waals surface area contributed by atoms with Crippen molar-refractivity contribution >= 4 is 11.5 Å². The van der Waals surface area contributed by atoms with Gasteiger partial charge in [-0.15, -0.1) is 0 Å². The van der Waals surface area contributed by atoms with Crippen LogP contribution in [-0.4, -0.2) is 37.9 Å². The van der Waals surface area contributed by atoms with Crippen molar-refractivity contribution in [3.05, 3.63) is 12.1 Å². The number of nitrogens with zero attached hydrogens (tertiary/aromatic N) is 2. The van der Waals surface area contributed by atoms with Crippen LogP contribution in [0.4, 0.5) is 11.5 Å². The summed E-state index contributed by atoms with van der Waals surface area (Å²) in [5.74, 6) is 1.42. The van der Waals surface area contributed by atoms with Crippen molar-refractivity contribution in [1.82, 2.24) is 4.98 Å². The number of nitrogens with two attached hydrogens (primary N) is 1. The monoisotopic (exact) mass is 251 g/mol. The first-order valence-electron chi connectivity index (χ1n) is 6.42. The van der Waals surface area contributed by atoms with Crippen LogP contribution in [0.5, 0.6) is 5.88 Å². The SMILES string of the molecule is CCOc1nc(N(C)C2CCOCC2)ccc1N. The summed E-state index contributed by atoms with van der Waals surface area (Å²) >= 11 is 0. The van der Waals surface area contributed by atoms with Crippen molar-refractivity contribution in [2.24, 2.45) is 0 Å². The zero-order valence-corrected chi connectivity index (χ0v) is 11.1. The van der Waals surface area contributed by atoms with Gasteiger partial charge in [0, 0.05) is 26.3 Å². The summed E-state index contributed by atoms with van der Waals surface area (Å²) in [6.45, 7) is 4.14. The standard InChI is InChI=1S/C13H21N3O2/c1-3-18-13-11(14)4-5-12(15-13)16(2)10-6-8-17-9-7-10/h4-5,10H,3,6-9,14H2,1-2H3. The molecule has 0 radical (unpaired) electrons. The van der Waals surface area contributed by atoms with Gasteiger partial charge in [0.1, 0.15) is 5.82 Å². The van der Waals surface area contributed by atoms with E-state index in [4.69, 9.17) is 15.2 Å². The van der Waals surface area contributed by atoms with Crippen molar-refractivity contribution in [2.45, 2.75) is 25.8 Å². The summed E-state index contributed by atoms with van der Waals surface area (Å²) in [6, 6.07) is 4.26. The summed E-state index contributed by atoms with van der Waals surface area (Å²) in [4.78, 5) is 6.66. The van der Waals surface area contributed by atoms with E-state index in [1.807, 2.05) is 19.1 Å². The van der Waals surface area contributed by atoms with E-state index in [1.165, 1.54) is 0 Å². The number of pyridine rings is 1. The number of ether oxygens (including phenoxy) is 2. The van der Waals surface area contributed by atoms with Gasteiger partial charge in [0.2, 0.25) is 5.88 Å². The second-order valence-corrected chi connectivity index (χ2v) is 4.45. The van der Waals surface area contributed by atoms with E-state index < -0.39 is 0 Å². The number of hydrogen-bond donors (Lipinski definition) is 1. The lowest BCUT2D eigenvalue weighted by Crippen LogP contribution is -2.37. The third kappa shape index (κ3) is 2.85. The summed E-state index contributed by atoms with van der Waals surface area (Å²) in [5, 5.41) is 0. The van der Waals surface area contributed by atoms with E-state index in [9.17, 15) is 0 Å². The Bertz CT molecular complexity index is 392. The lowest BCUT2D eigenvalue weighted by atomic mass is 10.1. The first kappa shape index (κ1) is 13.0. The molecule has 0 spiro atoms. The Hall–Kier alpha value is -1.49. The molecular formula is C13H21N3O2. The van der Waals surface area contributed by atoms with Gasteiger partial charge < -0.3 is 20.1 Å². The van der Waals surface area contributed by atoms with Gasteiger partial charge in [-0.05, 0) is 31.9 Å². The van der Waals surface area contributed by atoms with Gasteiger partial charge in [0.15, 0.2) is 0 Å². The fourth-order valence-corrected chi connectivity index (χ4v) is 2.15. The minimum Gasteiger partial charge on any atom is -0.476 e. The van der Waals surface area contributed by atoms with Crippen molar-refractivity contribution in [3.63, 3.8) is 0 Å². The highest BCUT2D eigenvalue weighted by Crippen LogP contribution is 2.25. The third-order valence-corrected chi connectivity index (χ3v) is 3.26. The van der Waals surface area contributed by atoms with Crippen LogP contribution >= 0.6 is 0 Å². The number of nitrogen functional groups attached to an aromatic ring is 1. The molecule has 1 aromatic heterocycles. The van der Waals surface area contributed by atoms with E-state index >= 15 is 0 Å². The largest absolute Gasteiger partial charge is 0.476 e. The highest BCUT2D eigenvalue weighted by Gasteiger charge is 2.20. The van der Waals surface area contributed by atoms with Crippen LogP contribution in [0.2, 0.25) is 0 Å². The number of aromatic nitrogens is 1. The van der Waals surface area contributed by atoms with E-state index in [-0.39, 0.29) is 0 Å². The molecule has 18 heavy (non-hydrogen) atoms. The van der Waals surface area contributed by atoms with E-state index in [1.54, 1.807) is 0 Å². The molecule has 0 bridgehead atoms. The molecule has 5 nitrogen and oxygen atoms in total. The lowest BCUT2D eigenvalue weighted by molar-refractivity contribution is 0.0853. The van der Waals surface area contributed by atoms with Crippen molar-refractivity contribution < 1.29 is 9.47 Å². The number of anilines is 2. The Morgan fingerprint density at radius 3 is 2.83 bits per heavy atom. The summed E-state index contributed by atoms with van der Waals surface area (Å²) < 4.78 is 10.8.